The van der Waals surface area contributed by atoms with Gasteiger partial charge in [0.05, 0.1) is 18.7 Å². The molecule has 3 heterocycles. The van der Waals surface area contributed by atoms with E-state index in [-0.39, 0.29) is 0 Å². The minimum atomic E-state index is 0.392. The molecule has 0 spiro atoms. The smallest absolute Gasteiger partial charge is 0.225 e. The minimum absolute atomic E-state index is 0.392. The molecule has 5 rings (SSSR count). The van der Waals surface area contributed by atoms with Crippen molar-refractivity contribution in [3.63, 3.8) is 0 Å². The van der Waals surface area contributed by atoms with E-state index in [1.165, 1.54) is 12.0 Å². The second-order valence-electron chi connectivity index (χ2n) is 9.44. The van der Waals surface area contributed by atoms with Gasteiger partial charge in [0.2, 0.25) is 5.95 Å². The number of anilines is 2. The van der Waals surface area contributed by atoms with Crippen LogP contribution in [0.5, 0.6) is 5.75 Å². The second-order valence-corrected chi connectivity index (χ2v) is 9.44. The number of ether oxygens (including phenoxy) is 2. The van der Waals surface area contributed by atoms with Crippen molar-refractivity contribution < 1.29 is 9.47 Å². The van der Waals surface area contributed by atoms with E-state index >= 15 is 0 Å². The highest BCUT2D eigenvalue weighted by Gasteiger charge is 2.19. The van der Waals surface area contributed by atoms with Gasteiger partial charge in [-0.15, -0.1) is 0 Å². The SMILES string of the molecule is COCC1CCN=C2C=C1CCCCCCOc1ccccc1CNc1nc(c3ccccc3n1)N2. The number of hydrogen-bond donors (Lipinski definition) is 2. The van der Waals surface area contributed by atoms with Gasteiger partial charge in [-0.3, -0.25) is 4.99 Å². The van der Waals surface area contributed by atoms with Crippen LogP contribution < -0.4 is 15.4 Å². The number of aliphatic imine (C=N–C) groups is 1. The topological polar surface area (TPSA) is 80.7 Å². The van der Waals surface area contributed by atoms with Crippen LogP contribution in [0.1, 0.15) is 44.1 Å². The number of nitrogens with one attached hydrogen (secondary N) is 2. The maximum absolute atomic E-state index is 6.15. The third kappa shape index (κ3) is 6.02. The van der Waals surface area contributed by atoms with Crippen LogP contribution in [0.4, 0.5) is 11.8 Å². The Bertz CT molecular complexity index is 1240. The molecule has 2 aliphatic heterocycles. The van der Waals surface area contributed by atoms with Crippen LogP contribution in [0.3, 0.4) is 0 Å². The number of nitrogens with zero attached hydrogens (tertiary/aromatic N) is 3. The molecule has 2 aliphatic rings. The lowest BCUT2D eigenvalue weighted by atomic mass is 9.91. The number of benzene rings is 2. The van der Waals surface area contributed by atoms with Crippen molar-refractivity contribution in [2.75, 3.05) is 37.5 Å². The molecule has 1 atom stereocenters. The fourth-order valence-corrected chi connectivity index (χ4v) is 4.91. The lowest BCUT2D eigenvalue weighted by Crippen LogP contribution is -2.15. The van der Waals surface area contributed by atoms with Crippen LogP contribution in [0.25, 0.3) is 10.9 Å². The molecule has 1 aromatic heterocycles. The highest BCUT2D eigenvalue weighted by Crippen LogP contribution is 2.27. The van der Waals surface area contributed by atoms with Crippen molar-refractivity contribution in [3.05, 3.63) is 65.7 Å². The average Bonchev–Trinajstić information content (AvgIpc) is 3.09. The third-order valence-corrected chi connectivity index (χ3v) is 6.85. The first-order chi connectivity index (χ1) is 17.8. The molecule has 0 fully saturated rings. The first-order valence-electron chi connectivity index (χ1n) is 13.0. The molecule has 2 aromatic carbocycles. The molecule has 2 N–H and O–H groups in total. The molecule has 0 amide bonds. The van der Waals surface area contributed by atoms with Crippen molar-refractivity contribution >= 4 is 28.5 Å². The summed E-state index contributed by atoms with van der Waals surface area (Å²) in [6, 6.07) is 16.3. The lowest BCUT2D eigenvalue weighted by Gasteiger charge is -2.18. The van der Waals surface area contributed by atoms with Gasteiger partial charge in [0.1, 0.15) is 17.4 Å². The monoisotopic (exact) mass is 485 g/mol. The van der Waals surface area contributed by atoms with Crippen LogP contribution in [-0.2, 0) is 11.3 Å². The number of para-hydroxylation sites is 2. The predicted molar refractivity (Wildman–Crippen MR) is 146 cm³/mol. The molecule has 188 valence electrons. The van der Waals surface area contributed by atoms with Crippen molar-refractivity contribution in [2.45, 2.75) is 45.1 Å². The van der Waals surface area contributed by atoms with Crippen molar-refractivity contribution in [1.29, 1.82) is 0 Å². The summed E-state index contributed by atoms with van der Waals surface area (Å²) >= 11 is 0. The van der Waals surface area contributed by atoms with Gasteiger partial charge in [0, 0.05) is 37.1 Å². The van der Waals surface area contributed by atoms with Gasteiger partial charge in [-0.2, -0.15) is 4.98 Å². The second kappa shape index (κ2) is 12.0. The summed E-state index contributed by atoms with van der Waals surface area (Å²) < 4.78 is 11.7. The highest BCUT2D eigenvalue weighted by atomic mass is 16.5. The molecule has 4 bridgehead atoms. The first-order valence-corrected chi connectivity index (χ1v) is 13.0. The fraction of sp³-hybridized carbons (Fsp3) is 0.414. The van der Waals surface area contributed by atoms with E-state index in [0.29, 0.717) is 18.4 Å². The normalized spacial score (nSPS) is 19.2. The van der Waals surface area contributed by atoms with E-state index in [1.807, 2.05) is 42.5 Å². The van der Waals surface area contributed by atoms with Crippen LogP contribution in [-0.4, -0.2) is 42.7 Å². The van der Waals surface area contributed by atoms with Crippen LogP contribution in [0.2, 0.25) is 0 Å². The molecule has 36 heavy (non-hydrogen) atoms. The molecule has 7 nitrogen and oxygen atoms in total. The molecular weight excluding hydrogens is 450 g/mol. The van der Waals surface area contributed by atoms with Crippen LogP contribution in [0, 0.1) is 5.92 Å². The van der Waals surface area contributed by atoms with Crippen molar-refractivity contribution in [2.24, 2.45) is 10.9 Å². The van der Waals surface area contributed by atoms with E-state index in [1.54, 1.807) is 7.11 Å². The quantitative estimate of drug-likeness (QED) is 0.464. The number of fused-ring (bicyclic) bond motifs is 6. The zero-order chi connectivity index (χ0) is 24.6. The molecule has 0 saturated heterocycles. The summed E-state index contributed by atoms with van der Waals surface area (Å²) in [6.45, 7) is 2.80. The Morgan fingerprint density at radius 3 is 2.81 bits per heavy atom. The first kappa shape index (κ1) is 24.3. The lowest BCUT2D eigenvalue weighted by molar-refractivity contribution is 0.161. The number of amidine groups is 1. The predicted octanol–water partition coefficient (Wildman–Crippen LogP) is 5.99. The fourth-order valence-electron chi connectivity index (χ4n) is 4.91. The number of rotatable bonds is 2. The third-order valence-electron chi connectivity index (χ3n) is 6.85. The molecule has 3 aromatic rings. The summed E-state index contributed by atoms with van der Waals surface area (Å²) in [5.41, 5.74) is 3.38. The summed E-state index contributed by atoms with van der Waals surface area (Å²) in [7, 11) is 1.78. The molecule has 0 radical (unpaired) electrons. The van der Waals surface area contributed by atoms with Gasteiger partial charge < -0.3 is 20.1 Å². The zero-order valence-corrected chi connectivity index (χ0v) is 21.0. The van der Waals surface area contributed by atoms with E-state index in [0.717, 1.165) is 85.7 Å². The standard InChI is InChI=1S/C29H35N5O2/c1-35-20-23-15-16-30-27-18-21(23)10-4-2-3-9-17-36-26-14-8-5-11-22(26)19-31-29-32-25-13-7-6-12-24(25)28(33-27)34-29/h5-8,11-14,18,23H,2-4,9-10,15-17,19-20H2,1H3,(H2,30,31,32,33,34). The number of aromatic nitrogens is 2. The Labute approximate surface area is 213 Å². The van der Waals surface area contributed by atoms with Crippen molar-refractivity contribution in [1.82, 2.24) is 9.97 Å². The average molecular weight is 486 g/mol. The summed E-state index contributed by atoms with van der Waals surface area (Å²) in [4.78, 5) is 14.5. The van der Waals surface area contributed by atoms with Gasteiger partial charge in [-0.05, 0) is 50.0 Å². The number of hydrogen-bond acceptors (Lipinski definition) is 7. The van der Waals surface area contributed by atoms with Gasteiger partial charge in [0.15, 0.2) is 0 Å². The summed E-state index contributed by atoms with van der Waals surface area (Å²) in [5.74, 6) is 3.50. The minimum Gasteiger partial charge on any atom is -0.493 e. The van der Waals surface area contributed by atoms with Crippen LogP contribution >= 0.6 is 0 Å². The number of methoxy groups -OCH3 is 1. The van der Waals surface area contributed by atoms with Crippen molar-refractivity contribution in [3.8, 4) is 5.75 Å². The van der Waals surface area contributed by atoms with E-state index in [2.05, 4.69) is 22.8 Å². The molecule has 0 aliphatic carbocycles. The summed E-state index contributed by atoms with van der Waals surface area (Å²) in [5, 5.41) is 7.92. The highest BCUT2D eigenvalue weighted by molar-refractivity contribution is 6.08. The van der Waals surface area contributed by atoms with E-state index < -0.39 is 0 Å². The summed E-state index contributed by atoms with van der Waals surface area (Å²) in [6.07, 6.45) is 8.82. The maximum Gasteiger partial charge on any atom is 0.225 e. The van der Waals surface area contributed by atoms with E-state index in [9.17, 15) is 0 Å². The molecule has 0 saturated carbocycles. The Morgan fingerprint density at radius 1 is 1.00 bits per heavy atom. The van der Waals surface area contributed by atoms with E-state index in [4.69, 9.17) is 24.4 Å². The Kier molecular flexibility index (Phi) is 8.08. The van der Waals surface area contributed by atoms with Gasteiger partial charge >= 0.3 is 0 Å². The molecular formula is C29H35N5O2. The van der Waals surface area contributed by atoms with Gasteiger partial charge in [-0.1, -0.05) is 48.7 Å². The molecule has 7 heteroatoms. The Balaban J connectivity index is 1.50. The largest absolute Gasteiger partial charge is 0.493 e. The van der Waals surface area contributed by atoms with Gasteiger partial charge in [0.25, 0.3) is 0 Å². The molecule has 1 unspecified atom stereocenters. The maximum atomic E-state index is 6.15. The Hall–Kier alpha value is -3.45. The zero-order valence-electron chi connectivity index (χ0n) is 21.0. The Morgan fingerprint density at radius 2 is 1.86 bits per heavy atom. The van der Waals surface area contributed by atoms with Crippen LogP contribution in [0.15, 0.2) is 65.2 Å². The van der Waals surface area contributed by atoms with Gasteiger partial charge in [-0.25, -0.2) is 4.98 Å².